The number of benzene rings is 1. The number of nitrogens with zero attached hydrogens (tertiary/aromatic N) is 1. The molecule has 0 fully saturated rings. The van der Waals surface area contributed by atoms with Gasteiger partial charge in [-0.05, 0) is 34.2 Å². The molecule has 0 aliphatic carbocycles. The SMILES string of the molecule is COc1ccc(CO)c(I)c1C#N. The first kappa shape index (κ1) is 10.3. The number of hydrogen-bond acceptors (Lipinski definition) is 3. The fraction of sp³-hybridized carbons (Fsp3) is 0.222. The number of methoxy groups -OCH3 is 1. The summed E-state index contributed by atoms with van der Waals surface area (Å²) >= 11 is 2.03. The third kappa shape index (κ3) is 1.92. The second-order valence-electron chi connectivity index (χ2n) is 2.39. The van der Waals surface area contributed by atoms with Gasteiger partial charge in [-0.15, -0.1) is 0 Å². The van der Waals surface area contributed by atoms with E-state index >= 15 is 0 Å². The summed E-state index contributed by atoms with van der Waals surface area (Å²) in [4.78, 5) is 0. The highest BCUT2D eigenvalue weighted by molar-refractivity contribution is 14.1. The maximum Gasteiger partial charge on any atom is 0.137 e. The molecule has 0 bridgehead atoms. The minimum absolute atomic E-state index is 0.0586. The normalized spacial score (nSPS) is 9.38. The number of halogens is 1. The second-order valence-corrected chi connectivity index (χ2v) is 3.46. The molecule has 1 rings (SSSR count). The van der Waals surface area contributed by atoms with E-state index in [0.29, 0.717) is 11.3 Å². The van der Waals surface area contributed by atoms with Crippen molar-refractivity contribution in [1.29, 1.82) is 5.26 Å². The van der Waals surface area contributed by atoms with Crippen LogP contribution in [0.3, 0.4) is 0 Å². The summed E-state index contributed by atoms with van der Waals surface area (Å²) < 4.78 is 5.76. The monoisotopic (exact) mass is 289 g/mol. The molecule has 0 unspecified atom stereocenters. The highest BCUT2D eigenvalue weighted by atomic mass is 127. The first-order valence-electron chi connectivity index (χ1n) is 3.61. The molecule has 13 heavy (non-hydrogen) atoms. The molecule has 0 atom stereocenters. The molecule has 0 radical (unpaired) electrons. The van der Waals surface area contributed by atoms with Crippen molar-refractivity contribution >= 4 is 22.6 Å². The highest BCUT2D eigenvalue weighted by Gasteiger charge is 2.10. The van der Waals surface area contributed by atoms with Gasteiger partial charge in [0.2, 0.25) is 0 Å². The van der Waals surface area contributed by atoms with Gasteiger partial charge in [0.1, 0.15) is 17.4 Å². The molecule has 0 aliphatic heterocycles. The fourth-order valence-corrected chi connectivity index (χ4v) is 1.73. The minimum atomic E-state index is -0.0586. The number of aliphatic hydroxyl groups excluding tert-OH is 1. The third-order valence-corrected chi connectivity index (χ3v) is 2.92. The molecule has 1 aromatic rings. The molecule has 1 aromatic carbocycles. The van der Waals surface area contributed by atoms with Crippen LogP contribution in [0.1, 0.15) is 11.1 Å². The molecule has 0 aliphatic rings. The van der Waals surface area contributed by atoms with Crippen molar-refractivity contribution < 1.29 is 9.84 Å². The van der Waals surface area contributed by atoms with Gasteiger partial charge in [0.25, 0.3) is 0 Å². The summed E-state index contributed by atoms with van der Waals surface area (Å²) in [6.45, 7) is -0.0586. The van der Waals surface area contributed by atoms with Gasteiger partial charge in [-0.25, -0.2) is 0 Å². The fourth-order valence-electron chi connectivity index (χ4n) is 0.998. The minimum Gasteiger partial charge on any atom is -0.495 e. The van der Waals surface area contributed by atoms with Gasteiger partial charge >= 0.3 is 0 Å². The molecule has 0 spiro atoms. The summed E-state index contributed by atoms with van der Waals surface area (Å²) in [6, 6.07) is 5.48. The van der Waals surface area contributed by atoms with Crippen LogP contribution >= 0.6 is 22.6 Å². The standard InChI is InChI=1S/C9H8INO2/c1-13-8-3-2-6(5-12)9(10)7(8)4-11/h2-3,12H,5H2,1H3. The number of aliphatic hydroxyl groups is 1. The van der Waals surface area contributed by atoms with Gasteiger partial charge in [-0.3, -0.25) is 0 Å². The van der Waals surface area contributed by atoms with E-state index in [9.17, 15) is 0 Å². The number of nitriles is 1. The molecule has 0 saturated heterocycles. The van der Waals surface area contributed by atoms with Crippen molar-refractivity contribution in [3.63, 3.8) is 0 Å². The van der Waals surface area contributed by atoms with E-state index in [1.165, 1.54) is 7.11 Å². The Hall–Kier alpha value is -0.800. The van der Waals surface area contributed by atoms with E-state index in [1.807, 2.05) is 28.7 Å². The molecule has 0 aromatic heterocycles. The van der Waals surface area contributed by atoms with Crippen molar-refractivity contribution in [3.8, 4) is 11.8 Å². The van der Waals surface area contributed by atoms with Crippen LogP contribution in [-0.4, -0.2) is 12.2 Å². The largest absolute Gasteiger partial charge is 0.495 e. The predicted octanol–water partition coefficient (Wildman–Crippen LogP) is 1.66. The van der Waals surface area contributed by atoms with Crippen molar-refractivity contribution in [1.82, 2.24) is 0 Å². The van der Waals surface area contributed by atoms with Crippen LogP contribution in [0.15, 0.2) is 12.1 Å². The van der Waals surface area contributed by atoms with Crippen molar-refractivity contribution in [2.24, 2.45) is 0 Å². The van der Waals surface area contributed by atoms with E-state index in [1.54, 1.807) is 12.1 Å². The molecule has 0 saturated carbocycles. The van der Waals surface area contributed by atoms with Crippen LogP contribution in [-0.2, 0) is 6.61 Å². The average Bonchev–Trinajstić information content (AvgIpc) is 2.17. The zero-order valence-corrected chi connectivity index (χ0v) is 9.20. The maximum absolute atomic E-state index is 8.95. The van der Waals surface area contributed by atoms with Gasteiger partial charge < -0.3 is 9.84 Å². The highest BCUT2D eigenvalue weighted by Crippen LogP contribution is 2.26. The molecule has 68 valence electrons. The summed E-state index contributed by atoms with van der Waals surface area (Å²) in [6.07, 6.45) is 0. The molecule has 0 heterocycles. The first-order valence-corrected chi connectivity index (χ1v) is 4.68. The van der Waals surface area contributed by atoms with Crippen LogP contribution in [0.2, 0.25) is 0 Å². The molecule has 0 amide bonds. The third-order valence-electron chi connectivity index (χ3n) is 1.69. The van der Waals surface area contributed by atoms with Gasteiger partial charge in [0, 0.05) is 3.57 Å². The molecule has 1 N–H and O–H groups in total. The lowest BCUT2D eigenvalue weighted by Crippen LogP contribution is -1.96. The zero-order chi connectivity index (χ0) is 9.84. The molecule has 4 heteroatoms. The quantitative estimate of drug-likeness (QED) is 0.842. The number of rotatable bonds is 2. The lowest BCUT2D eigenvalue weighted by atomic mass is 10.1. The summed E-state index contributed by atoms with van der Waals surface area (Å²) in [5, 5.41) is 17.8. The predicted molar refractivity (Wildman–Crippen MR) is 56.3 cm³/mol. The van der Waals surface area contributed by atoms with Crippen molar-refractivity contribution in [3.05, 3.63) is 26.8 Å². The van der Waals surface area contributed by atoms with Crippen LogP contribution in [0.5, 0.6) is 5.75 Å². The van der Waals surface area contributed by atoms with E-state index in [0.717, 1.165) is 9.13 Å². The van der Waals surface area contributed by atoms with Crippen LogP contribution in [0.4, 0.5) is 0 Å². The Balaban J connectivity index is 3.34. The van der Waals surface area contributed by atoms with E-state index in [2.05, 4.69) is 0 Å². The van der Waals surface area contributed by atoms with Crippen molar-refractivity contribution in [2.45, 2.75) is 6.61 Å². The number of hydrogen-bond donors (Lipinski definition) is 1. The Labute approximate surface area is 90.1 Å². The average molecular weight is 289 g/mol. The number of ether oxygens (including phenoxy) is 1. The Kier molecular flexibility index (Phi) is 3.51. The Morgan fingerprint density at radius 1 is 1.62 bits per heavy atom. The van der Waals surface area contributed by atoms with E-state index in [4.69, 9.17) is 15.1 Å². The Morgan fingerprint density at radius 2 is 2.31 bits per heavy atom. The van der Waals surface area contributed by atoms with Crippen LogP contribution in [0, 0.1) is 14.9 Å². The summed E-state index contributed by atoms with van der Waals surface area (Å²) in [5.74, 6) is 0.545. The van der Waals surface area contributed by atoms with Gasteiger partial charge in [-0.2, -0.15) is 5.26 Å². The van der Waals surface area contributed by atoms with Gasteiger partial charge in [0.15, 0.2) is 0 Å². The Morgan fingerprint density at radius 3 is 2.77 bits per heavy atom. The molecular weight excluding hydrogens is 281 g/mol. The molecule has 3 nitrogen and oxygen atoms in total. The second kappa shape index (κ2) is 4.44. The lowest BCUT2D eigenvalue weighted by Gasteiger charge is -2.07. The summed E-state index contributed by atoms with van der Waals surface area (Å²) in [7, 11) is 1.52. The van der Waals surface area contributed by atoms with E-state index in [-0.39, 0.29) is 6.61 Å². The Bertz CT molecular complexity index is 357. The van der Waals surface area contributed by atoms with Crippen LogP contribution < -0.4 is 4.74 Å². The molecular formula is C9H8INO2. The first-order chi connectivity index (χ1) is 6.24. The maximum atomic E-state index is 8.95. The lowest BCUT2D eigenvalue weighted by molar-refractivity contribution is 0.280. The van der Waals surface area contributed by atoms with Crippen LogP contribution in [0.25, 0.3) is 0 Å². The summed E-state index contributed by atoms with van der Waals surface area (Å²) in [5.41, 5.74) is 1.23. The van der Waals surface area contributed by atoms with E-state index < -0.39 is 0 Å². The smallest absolute Gasteiger partial charge is 0.137 e. The van der Waals surface area contributed by atoms with Crippen molar-refractivity contribution in [2.75, 3.05) is 7.11 Å². The van der Waals surface area contributed by atoms with Gasteiger partial charge in [-0.1, -0.05) is 6.07 Å². The van der Waals surface area contributed by atoms with Gasteiger partial charge in [0.05, 0.1) is 13.7 Å². The zero-order valence-electron chi connectivity index (χ0n) is 7.04. The topological polar surface area (TPSA) is 53.2 Å².